The zero-order valence-corrected chi connectivity index (χ0v) is 61.4. The van der Waals surface area contributed by atoms with Crippen molar-refractivity contribution in [2.45, 2.75) is 76.8 Å². The lowest BCUT2D eigenvalue weighted by Crippen LogP contribution is -2.44. The van der Waals surface area contributed by atoms with Crippen LogP contribution in [-0.2, 0) is 32.2 Å². The normalized spacial score (nSPS) is 16.5. The lowest BCUT2D eigenvalue weighted by Gasteiger charge is -2.30. The molecule has 12 rings (SSSR count). The van der Waals surface area contributed by atoms with Gasteiger partial charge in [0.05, 0.1) is 75.6 Å². The van der Waals surface area contributed by atoms with Crippen LogP contribution < -0.4 is 46.5 Å². The number of rotatable bonds is 22. The van der Waals surface area contributed by atoms with Crippen molar-refractivity contribution in [2.75, 3.05) is 90.6 Å². The number of hydrogen-bond acceptors (Lipinski definition) is 23. The highest BCUT2D eigenvalue weighted by molar-refractivity contribution is 6.31. The Labute approximate surface area is 623 Å². The zero-order valence-electron chi connectivity index (χ0n) is 59.1. The summed E-state index contributed by atoms with van der Waals surface area (Å²) in [6.07, 6.45) is 6.60. The van der Waals surface area contributed by atoms with Crippen LogP contribution in [0.1, 0.15) is 61.5 Å². The summed E-state index contributed by atoms with van der Waals surface area (Å²) < 4.78 is 64.4. The molecule has 3 aliphatic heterocycles. The molecular weight excluding hydrogens is 1440 g/mol. The smallest absolute Gasteiger partial charge is 0.410 e. The number of nitrogens with one attached hydrogen (secondary N) is 5. The van der Waals surface area contributed by atoms with Crippen LogP contribution in [0.5, 0.6) is 17.2 Å². The fourth-order valence-electron chi connectivity index (χ4n) is 12.5. The number of carbonyl (C=O) groups excluding carboxylic acids is 2. The number of carboxylic acid groups (broad SMARTS) is 3. The molecule has 27 nitrogen and oxygen atoms in total. The van der Waals surface area contributed by atoms with Gasteiger partial charge >= 0.3 is 24.0 Å². The van der Waals surface area contributed by atoms with Crippen molar-refractivity contribution >= 4 is 132 Å². The number of carboxylic acids is 3. The SMILES string of the molecule is CC(C)(C)OC(=O)N1CCC(C(N)C(=O)O)C1.COc1cc2ncnc(Nc3cccc(Cl)c3F)c2cc1C=O.COc1cc2ncnc(Nc3cccc(Cl)c3F)c2cc1CN(C)C(C(=O)O)C1CCN(C)C1.COc1cc2ncnc(Nc3cccc(Cl)c3F)c2cc1CNC(C(=O)O)C1CCNC1. The fraction of sp³-hybridized carbons (Fsp3) is 0.356. The van der Waals surface area contributed by atoms with E-state index in [0.717, 1.165) is 43.6 Å². The summed E-state index contributed by atoms with van der Waals surface area (Å²) in [7, 11) is 8.38. The van der Waals surface area contributed by atoms with Gasteiger partial charge in [0.15, 0.2) is 23.7 Å². The second kappa shape index (κ2) is 36.3. The van der Waals surface area contributed by atoms with Crippen LogP contribution in [0.3, 0.4) is 0 Å². The Bertz CT molecular complexity index is 4660. The number of ether oxygens (including phenoxy) is 4. The van der Waals surface area contributed by atoms with Gasteiger partial charge in [0, 0.05) is 90.7 Å². The molecule has 6 unspecified atom stereocenters. The van der Waals surface area contributed by atoms with Crippen LogP contribution in [0.25, 0.3) is 32.7 Å². The lowest BCUT2D eigenvalue weighted by molar-refractivity contribution is -0.145. The van der Waals surface area contributed by atoms with Gasteiger partial charge in [-0.25, -0.2) is 47.9 Å². The van der Waals surface area contributed by atoms with Crippen molar-refractivity contribution < 1.29 is 71.4 Å². The van der Waals surface area contributed by atoms with Crippen molar-refractivity contribution in [1.29, 1.82) is 0 Å². The van der Waals surface area contributed by atoms with E-state index in [-0.39, 0.29) is 56.4 Å². The molecule has 6 atom stereocenters. The van der Waals surface area contributed by atoms with Crippen molar-refractivity contribution in [2.24, 2.45) is 23.5 Å². The second-order valence-electron chi connectivity index (χ2n) is 26.2. The number of likely N-dealkylation sites (tertiary alicyclic amines) is 2. The van der Waals surface area contributed by atoms with E-state index >= 15 is 0 Å². The monoisotopic (exact) mass is 1520 g/mol. The third kappa shape index (κ3) is 20.1. The van der Waals surface area contributed by atoms with E-state index in [4.69, 9.17) is 64.6 Å². The zero-order chi connectivity index (χ0) is 76.7. The number of benzene rings is 6. The van der Waals surface area contributed by atoms with Crippen LogP contribution in [0, 0.1) is 35.2 Å². The molecule has 3 saturated heterocycles. The van der Waals surface area contributed by atoms with Crippen LogP contribution in [0.2, 0.25) is 15.1 Å². The average Bonchev–Trinajstić information content (AvgIpc) is 0.948. The third-order valence-electron chi connectivity index (χ3n) is 17.8. The highest BCUT2D eigenvalue weighted by Crippen LogP contribution is 2.37. The number of likely N-dealkylation sites (N-methyl/N-ethyl adjacent to an activating group) is 1. The van der Waals surface area contributed by atoms with Gasteiger partial charge in [0.2, 0.25) is 0 Å². The average molecular weight is 1520 g/mol. The molecular formula is C73H81Cl3F3N15O12. The van der Waals surface area contributed by atoms with E-state index < -0.39 is 65.2 Å². The number of carbonyl (C=O) groups is 5. The van der Waals surface area contributed by atoms with Gasteiger partial charge in [-0.2, -0.15) is 0 Å². The molecule has 10 N–H and O–H groups in total. The Hall–Kier alpha value is -10.1. The number of fused-ring (bicyclic) bond motifs is 3. The maximum Gasteiger partial charge on any atom is 0.410 e. The predicted octanol–water partition coefficient (Wildman–Crippen LogP) is 12.0. The molecule has 3 aliphatic rings. The Kier molecular flexibility index (Phi) is 27.4. The molecule has 3 fully saturated rings. The third-order valence-corrected chi connectivity index (χ3v) is 18.7. The molecule has 33 heteroatoms. The number of amides is 1. The maximum atomic E-state index is 14.5. The number of aliphatic carboxylic acids is 3. The van der Waals surface area contributed by atoms with Gasteiger partial charge in [-0.1, -0.05) is 53.0 Å². The minimum atomic E-state index is -1.03. The standard InChI is InChI=1S/C24H27ClFN5O3.C22H23ClFN5O3.C16H11ClFN3O2.C11H20N2O4/c1-30-8-7-14(11-30)22(24(32)33)31(2)12-15-9-16-19(10-20(15)34-3)27-13-28-23(16)29-18-6-4-5-17(25)21(18)26;1-32-18-8-17-14(7-13(18)10-26-20(22(30)31)12-5-6-25-9-12)21(28-11-27-17)29-16-4-2-3-15(23)19(16)24;1-23-14-6-13-10(5-9(14)7-22)16(20-8-19-13)21-12-4-2-3-11(17)15(12)18;1-11(2,3)17-10(16)13-5-4-7(6-13)8(12)9(14)15/h4-6,9-10,13-14,22H,7-8,11-12H2,1-3H3,(H,32,33)(H,27,28,29);2-4,7-8,11-12,20,25-26H,5-6,9-10H2,1H3,(H,30,31)(H,27,28,29);2-8H,1H3,(H,19,20,21);7-8H,4-6,12H2,1-3H3,(H,14,15). The maximum absolute atomic E-state index is 14.5. The first-order valence-electron chi connectivity index (χ1n) is 33.4. The summed E-state index contributed by atoms with van der Waals surface area (Å²) in [5.74, 6) is -1.91. The van der Waals surface area contributed by atoms with Gasteiger partial charge in [-0.05, 0) is 134 Å². The van der Waals surface area contributed by atoms with E-state index in [1.165, 1.54) is 49.2 Å². The molecule has 6 aromatic carbocycles. The number of nitrogens with zero attached hydrogens (tertiary/aromatic N) is 9. The molecule has 106 heavy (non-hydrogen) atoms. The number of hydrogen-bond donors (Lipinski definition) is 9. The molecule has 6 heterocycles. The largest absolute Gasteiger partial charge is 0.496 e. The molecule has 0 aliphatic carbocycles. The van der Waals surface area contributed by atoms with E-state index in [1.54, 1.807) is 95.7 Å². The number of halogens is 6. The van der Waals surface area contributed by atoms with E-state index in [1.807, 2.05) is 31.1 Å². The molecule has 0 bridgehead atoms. The summed E-state index contributed by atoms with van der Waals surface area (Å²) in [5.41, 5.74) is 9.19. The predicted molar refractivity (Wildman–Crippen MR) is 397 cm³/mol. The second-order valence-corrected chi connectivity index (χ2v) is 27.5. The number of aldehydes is 1. The van der Waals surface area contributed by atoms with Crippen LogP contribution in [0.15, 0.2) is 110 Å². The van der Waals surface area contributed by atoms with Crippen molar-refractivity contribution in [3.63, 3.8) is 0 Å². The van der Waals surface area contributed by atoms with Crippen LogP contribution in [0.4, 0.5) is 52.5 Å². The topological polar surface area (TPSA) is 356 Å². The number of anilines is 6. The van der Waals surface area contributed by atoms with Gasteiger partial charge < -0.3 is 71.1 Å². The molecule has 0 radical (unpaired) electrons. The lowest BCUT2D eigenvalue weighted by atomic mass is 9.97. The molecule has 0 saturated carbocycles. The highest BCUT2D eigenvalue weighted by atomic mass is 35.5. The summed E-state index contributed by atoms with van der Waals surface area (Å²) in [6.45, 7) is 9.93. The summed E-state index contributed by atoms with van der Waals surface area (Å²) in [5, 5.41) is 45.5. The fourth-order valence-corrected chi connectivity index (χ4v) is 13.0. The van der Waals surface area contributed by atoms with E-state index in [2.05, 4.69) is 61.4 Å². The Morgan fingerprint density at radius 2 is 1.11 bits per heavy atom. The number of aromatic nitrogens is 6. The quantitative estimate of drug-likeness (QED) is 0.0285. The Morgan fingerprint density at radius 3 is 1.54 bits per heavy atom. The van der Waals surface area contributed by atoms with Gasteiger partial charge in [0.25, 0.3) is 0 Å². The summed E-state index contributed by atoms with van der Waals surface area (Å²) in [4.78, 5) is 88.5. The Balaban J connectivity index is 0.000000169. The number of methoxy groups -OCH3 is 3. The van der Waals surface area contributed by atoms with Crippen molar-refractivity contribution in [3.8, 4) is 17.2 Å². The molecule has 3 aromatic heterocycles. The van der Waals surface area contributed by atoms with Crippen LogP contribution in [-0.4, -0.2) is 189 Å². The van der Waals surface area contributed by atoms with E-state index in [0.29, 0.717) is 112 Å². The highest BCUT2D eigenvalue weighted by Gasteiger charge is 2.38. The first-order valence-corrected chi connectivity index (χ1v) is 34.5. The minimum Gasteiger partial charge on any atom is -0.496 e. The summed E-state index contributed by atoms with van der Waals surface area (Å²) >= 11 is 17.6. The Morgan fingerprint density at radius 1 is 0.642 bits per heavy atom. The van der Waals surface area contributed by atoms with Gasteiger partial charge in [0.1, 0.15) is 77.4 Å². The van der Waals surface area contributed by atoms with Crippen molar-refractivity contribution in [1.82, 2.24) is 55.2 Å². The van der Waals surface area contributed by atoms with E-state index in [9.17, 15) is 47.4 Å². The molecule has 562 valence electrons. The van der Waals surface area contributed by atoms with Crippen molar-refractivity contribution in [3.05, 3.63) is 159 Å². The number of nitrogens with two attached hydrogens (primary N) is 1. The summed E-state index contributed by atoms with van der Waals surface area (Å²) in [6, 6.07) is 22.2. The molecule has 1 amide bonds. The molecule has 9 aromatic rings. The van der Waals surface area contributed by atoms with Gasteiger partial charge in [-0.3, -0.25) is 29.4 Å². The minimum absolute atomic E-state index is 0.000958. The molecule has 0 spiro atoms. The van der Waals surface area contributed by atoms with Crippen LogP contribution >= 0.6 is 34.8 Å². The first-order chi connectivity index (χ1) is 50.6. The first kappa shape index (κ1) is 80.1. The van der Waals surface area contributed by atoms with Gasteiger partial charge in [-0.15, -0.1) is 0 Å².